The van der Waals surface area contributed by atoms with E-state index in [0.29, 0.717) is 16.4 Å². The minimum absolute atomic E-state index is 0.224. The van der Waals surface area contributed by atoms with Crippen LogP contribution in [0.15, 0.2) is 62.7 Å². The maximum Gasteiger partial charge on any atom is 0.374 e. The molecule has 28 heavy (non-hydrogen) atoms. The van der Waals surface area contributed by atoms with Crippen molar-refractivity contribution in [2.45, 2.75) is 13.5 Å². The largest absolute Gasteiger partial charge is 0.453 e. The van der Waals surface area contributed by atoms with Crippen LogP contribution in [-0.2, 0) is 11.3 Å². The molecule has 8 heteroatoms. The van der Waals surface area contributed by atoms with Gasteiger partial charge in [-0.3, -0.25) is 14.0 Å². The van der Waals surface area contributed by atoms with Crippen LogP contribution in [0.4, 0.5) is 0 Å². The van der Waals surface area contributed by atoms with Gasteiger partial charge in [-0.2, -0.15) is 0 Å². The lowest BCUT2D eigenvalue weighted by atomic mass is 10.2. The number of aryl methyl sites for hydroxylation is 1. The van der Waals surface area contributed by atoms with Gasteiger partial charge < -0.3 is 9.15 Å². The third kappa shape index (κ3) is 3.27. The van der Waals surface area contributed by atoms with Gasteiger partial charge >= 0.3 is 5.97 Å². The number of benzene rings is 1. The number of fused-ring (bicyclic) bond motifs is 2. The lowest BCUT2D eigenvalue weighted by Crippen LogP contribution is -2.17. The van der Waals surface area contributed by atoms with Crippen LogP contribution in [0, 0.1) is 6.92 Å². The zero-order valence-corrected chi connectivity index (χ0v) is 15.4. The Labute approximate surface area is 162 Å². The van der Waals surface area contributed by atoms with Crippen molar-refractivity contribution in [3.05, 3.63) is 91.3 Å². The summed E-state index contributed by atoms with van der Waals surface area (Å²) in [7, 11) is 0. The van der Waals surface area contributed by atoms with Gasteiger partial charge in [0.15, 0.2) is 5.43 Å². The highest BCUT2D eigenvalue weighted by molar-refractivity contribution is 6.31. The van der Waals surface area contributed by atoms with Crippen LogP contribution in [-0.4, -0.2) is 15.4 Å². The smallest absolute Gasteiger partial charge is 0.374 e. The molecule has 0 spiro atoms. The number of carbonyl (C=O) groups excluding carboxylic acids is 1. The number of nitrogens with zero attached hydrogens (tertiary/aromatic N) is 2. The Kier molecular flexibility index (Phi) is 4.44. The fraction of sp³-hybridized carbons (Fsp3) is 0.100. The molecule has 0 saturated carbocycles. The van der Waals surface area contributed by atoms with Gasteiger partial charge in [0.2, 0.25) is 5.76 Å². The number of halogens is 1. The van der Waals surface area contributed by atoms with Crippen LogP contribution in [0.5, 0.6) is 0 Å². The second-order valence-electron chi connectivity index (χ2n) is 6.16. The molecule has 0 bridgehead atoms. The number of esters is 1. The van der Waals surface area contributed by atoms with Crippen molar-refractivity contribution >= 4 is 34.2 Å². The molecule has 0 saturated heterocycles. The Hall–Kier alpha value is -3.45. The van der Waals surface area contributed by atoms with Gasteiger partial charge in [0.25, 0.3) is 5.56 Å². The Morgan fingerprint density at radius 1 is 1.21 bits per heavy atom. The van der Waals surface area contributed by atoms with E-state index in [1.54, 1.807) is 18.3 Å². The predicted molar refractivity (Wildman–Crippen MR) is 103 cm³/mol. The lowest BCUT2D eigenvalue weighted by Gasteiger charge is -2.07. The molecule has 3 aromatic heterocycles. The highest BCUT2D eigenvalue weighted by atomic mass is 35.5. The summed E-state index contributed by atoms with van der Waals surface area (Å²) in [6.07, 6.45) is 1.61. The van der Waals surface area contributed by atoms with E-state index >= 15 is 0 Å². The highest BCUT2D eigenvalue weighted by Crippen LogP contribution is 2.18. The molecule has 140 valence electrons. The Bertz CT molecular complexity index is 1360. The van der Waals surface area contributed by atoms with Crippen molar-refractivity contribution in [3.8, 4) is 0 Å². The molecule has 0 N–H and O–H groups in total. The number of hydrogen-bond donors (Lipinski definition) is 0. The second-order valence-corrected chi connectivity index (χ2v) is 6.60. The van der Waals surface area contributed by atoms with Crippen molar-refractivity contribution in [2.24, 2.45) is 0 Å². The molecule has 0 radical (unpaired) electrons. The molecule has 0 fully saturated rings. The Morgan fingerprint density at radius 2 is 2.04 bits per heavy atom. The average molecular weight is 397 g/mol. The van der Waals surface area contributed by atoms with Crippen LogP contribution in [0.2, 0.25) is 5.02 Å². The third-order valence-corrected chi connectivity index (χ3v) is 4.42. The van der Waals surface area contributed by atoms with Gasteiger partial charge in [-0.15, -0.1) is 0 Å². The van der Waals surface area contributed by atoms with Crippen molar-refractivity contribution < 1.29 is 13.9 Å². The summed E-state index contributed by atoms with van der Waals surface area (Å²) >= 11 is 5.87. The van der Waals surface area contributed by atoms with Crippen molar-refractivity contribution in [1.29, 1.82) is 0 Å². The molecule has 0 amide bonds. The average Bonchev–Trinajstić information content (AvgIpc) is 2.67. The molecular weight excluding hydrogens is 384 g/mol. The SMILES string of the molecule is Cc1cccn2c(=O)cc(COC(=O)c3cc(=O)c4cc(Cl)ccc4o3)nc12. The summed E-state index contributed by atoms with van der Waals surface area (Å²) in [5.74, 6) is -1.07. The molecule has 0 aliphatic carbocycles. The normalized spacial score (nSPS) is 11.1. The molecule has 0 atom stereocenters. The predicted octanol–water partition coefficient (Wildman–Crippen LogP) is 3.12. The monoisotopic (exact) mass is 396 g/mol. The van der Waals surface area contributed by atoms with Gasteiger partial charge in [0.05, 0.1) is 11.1 Å². The van der Waals surface area contributed by atoms with E-state index in [4.69, 9.17) is 20.8 Å². The van der Waals surface area contributed by atoms with Gasteiger partial charge in [-0.05, 0) is 36.8 Å². The van der Waals surface area contributed by atoms with E-state index in [-0.39, 0.29) is 28.9 Å². The first-order chi connectivity index (χ1) is 13.4. The zero-order chi connectivity index (χ0) is 19.8. The molecule has 1 aromatic carbocycles. The molecule has 4 rings (SSSR count). The molecule has 0 aliphatic rings. The van der Waals surface area contributed by atoms with E-state index in [2.05, 4.69) is 4.98 Å². The first kappa shape index (κ1) is 17.9. The number of hydrogen-bond acceptors (Lipinski definition) is 6. The van der Waals surface area contributed by atoms with Crippen molar-refractivity contribution in [2.75, 3.05) is 0 Å². The van der Waals surface area contributed by atoms with Gasteiger partial charge in [-0.25, -0.2) is 9.78 Å². The van der Waals surface area contributed by atoms with Crippen molar-refractivity contribution in [3.63, 3.8) is 0 Å². The zero-order valence-electron chi connectivity index (χ0n) is 14.6. The van der Waals surface area contributed by atoms with Crippen molar-refractivity contribution in [1.82, 2.24) is 9.38 Å². The molecule has 0 aliphatic heterocycles. The summed E-state index contributed by atoms with van der Waals surface area (Å²) in [4.78, 5) is 41.0. The molecule has 0 unspecified atom stereocenters. The number of pyridine rings is 1. The summed E-state index contributed by atoms with van der Waals surface area (Å²) in [5, 5.41) is 0.655. The lowest BCUT2D eigenvalue weighted by molar-refractivity contribution is 0.0431. The number of carbonyl (C=O) groups is 1. The van der Waals surface area contributed by atoms with E-state index in [1.165, 1.54) is 22.6 Å². The first-order valence-corrected chi connectivity index (χ1v) is 8.68. The quantitative estimate of drug-likeness (QED) is 0.494. The maximum atomic E-state index is 12.3. The number of aromatic nitrogens is 2. The fourth-order valence-corrected chi connectivity index (χ4v) is 2.99. The molecule has 3 heterocycles. The van der Waals surface area contributed by atoms with Crippen LogP contribution in [0.3, 0.4) is 0 Å². The highest BCUT2D eigenvalue weighted by Gasteiger charge is 2.15. The van der Waals surface area contributed by atoms with E-state index in [0.717, 1.165) is 11.6 Å². The summed E-state index contributed by atoms with van der Waals surface area (Å²) in [6.45, 7) is 1.59. The third-order valence-electron chi connectivity index (χ3n) is 4.18. The van der Waals surface area contributed by atoms with Crippen LogP contribution < -0.4 is 11.0 Å². The molecule has 7 nitrogen and oxygen atoms in total. The van der Waals surface area contributed by atoms with Crippen LogP contribution in [0.1, 0.15) is 21.8 Å². The number of rotatable bonds is 3. The topological polar surface area (TPSA) is 90.9 Å². The van der Waals surface area contributed by atoms with Gasteiger partial charge in [0, 0.05) is 23.4 Å². The summed E-state index contributed by atoms with van der Waals surface area (Å²) in [6, 6.07) is 10.4. The minimum Gasteiger partial charge on any atom is -0.453 e. The van der Waals surface area contributed by atoms with Gasteiger partial charge in [-0.1, -0.05) is 17.7 Å². The second kappa shape index (κ2) is 6.94. The Balaban J connectivity index is 1.61. The van der Waals surface area contributed by atoms with E-state index < -0.39 is 11.4 Å². The number of ether oxygens (including phenoxy) is 1. The van der Waals surface area contributed by atoms with Gasteiger partial charge in [0.1, 0.15) is 17.8 Å². The van der Waals surface area contributed by atoms with Crippen LogP contribution >= 0.6 is 11.6 Å². The molecule has 4 aromatic rings. The fourth-order valence-electron chi connectivity index (χ4n) is 2.82. The van der Waals surface area contributed by atoms with Crippen LogP contribution in [0.25, 0.3) is 16.6 Å². The summed E-state index contributed by atoms with van der Waals surface area (Å²) in [5.41, 5.74) is 1.12. The summed E-state index contributed by atoms with van der Waals surface area (Å²) < 4.78 is 12.0. The standard InChI is InChI=1S/C20H13ClN2O5/c1-11-3-2-6-23-18(25)8-13(22-19(11)23)10-27-20(26)17-9-15(24)14-7-12(21)4-5-16(14)28-17/h2-9H,10H2,1H3. The van der Waals surface area contributed by atoms with E-state index in [1.807, 2.05) is 13.0 Å². The maximum absolute atomic E-state index is 12.3. The Morgan fingerprint density at radius 3 is 2.86 bits per heavy atom. The van der Waals surface area contributed by atoms with E-state index in [9.17, 15) is 14.4 Å². The molecular formula is C20H13ClN2O5. The first-order valence-electron chi connectivity index (χ1n) is 8.31. The minimum atomic E-state index is -0.833.